The van der Waals surface area contributed by atoms with E-state index in [0.717, 1.165) is 4.90 Å². The standard InChI is InChI=1S/C13H18F2N2O3/c1-2-3-5-16-8-12(7-13(14,15)9-16)4-6-17(10-20-12)11(18)19/h4-10H2,1H3,(H,18,19). The summed E-state index contributed by atoms with van der Waals surface area (Å²) in [6.45, 7) is 2.05. The monoisotopic (exact) mass is 288 g/mol. The van der Waals surface area contributed by atoms with Crippen molar-refractivity contribution in [2.75, 3.05) is 32.9 Å². The zero-order chi connectivity index (χ0) is 14.8. The lowest BCUT2D eigenvalue weighted by Crippen LogP contribution is -2.61. The summed E-state index contributed by atoms with van der Waals surface area (Å²) in [5.74, 6) is 2.65. The smallest absolute Gasteiger partial charge is 0.409 e. The van der Waals surface area contributed by atoms with E-state index >= 15 is 0 Å². The lowest BCUT2D eigenvalue weighted by Gasteiger charge is -2.48. The van der Waals surface area contributed by atoms with Crippen LogP contribution in [0.1, 0.15) is 19.8 Å². The highest BCUT2D eigenvalue weighted by atomic mass is 19.3. The third-order valence-corrected chi connectivity index (χ3v) is 3.66. The van der Waals surface area contributed by atoms with Crippen LogP contribution >= 0.6 is 0 Å². The predicted octanol–water partition coefficient (Wildman–Crippen LogP) is 1.45. The van der Waals surface area contributed by atoms with Gasteiger partial charge in [-0.25, -0.2) is 13.6 Å². The minimum Gasteiger partial charge on any atom is -0.465 e. The molecule has 0 aromatic heterocycles. The van der Waals surface area contributed by atoms with Crippen LogP contribution in [0.25, 0.3) is 0 Å². The Morgan fingerprint density at radius 3 is 2.75 bits per heavy atom. The fourth-order valence-corrected chi connectivity index (χ4v) is 2.78. The summed E-state index contributed by atoms with van der Waals surface area (Å²) < 4.78 is 33.2. The number of amides is 1. The second kappa shape index (κ2) is 5.54. The molecule has 2 rings (SSSR count). The maximum absolute atomic E-state index is 13.9. The van der Waals surface area contributed by atoms with E-state index in [-0.39, 0.29) is 39.2 Å². The van der Waals surface area contributed by atoms with Crippen LogP contribution in [0.2, 0.25) is 0 Å². The fourth-order valence-electron chi connectivity index (χ4n) is 2.78. The van der Waals surface area contributed by atoms with Crippen molar-refractivity contribution < 1.29 is 23.4 Å². The van der Waals surface area contributed by atoms with Gasteiger partial charge in [-0.2, -0.15) is 0 Å². The van der Waals surface area contributed by atoms with Gasteiger partial charge in [0.15, 0.2) is 0 Å². The van der Waals surface area contributed by atoms with Gasteiger partial charge in [-0.15, -0.1) is 5.92 Å². The van der Waals surface area contributed by atoms with Gasteiger partial charge in [0.05, 0.1) is 18.7 Å². The van der Waals surface area contributed by atoms with Crippen LogP contribution in [0.3, 0.4) is 0 Å². The number of likely N-dealkylation sites (tertiary alicyclic amines) is 1. The van der Waals surface area contributed by atoms with Gasteiger partial charge in [0.1, 0.15) is 6.73 Å². The van der Waals surface area contributed by atoms with Crippen molar-refractivity contribution in [3.63, 3.8) is 0 Å². The van der Waals surface area contributed by atoms with E-state index in [0.29, 0.717) is 6.54 Å². The number of hydrogen-bond donors (Lipinski definition) is 1. The van der Waals surface area contributed by atoms with Gasteiger partial charge in [0, 0.05) is 19.5 Å². The first-order valence-electron chi connectivity index (χ1n) is 6.47. The highest BCUT2D eigenvalue weighted by molar-refractivity contribution is 5.64. The van der Waals surface area contributed by atoms with Gasteiger partial charge >= 0.3 is 6.09 Å². The van der Waals surface area contributed by atoms with Crippen LogP contribution in [0.5, 0.6) is 0 Å². The van der Waals surface area contributed by atoms with Crippen molar-refractivity contribution in [3.8, 4) is 11.8 Å². The van der Waals surface area contributed by atoms with Crippen LogP contribution in [-0.2, 0) is 4.74 Å². The Morgan fingerprint density at radius 1 is 1.45 bits per heavy atom. The van der Waals surface area contributed by atoms with E-state index in [1.807, 2.05) is 0 Å². The number of carbonyl (C=O) groups is 1. The van der Waals surface area contributed by atoms with Crippen molar-refractivity contribution in [2.45, 2.75) is 31.3 Å². The average Bonchev–Trinajstić information content (AvgIpc) is 2.34. The van der Waals surface area contributed by atoms with Crippen molar-refractivity contribution >= 4 is 6.09 Å². The number of piperidine rings is 1. The number of ether oxygens (including phenoxy) is 1. The second-order valence-corrected chi connectivity index (χ2v) is 5.36. The van der Waals surface area contributed by atoms with Gasteiger partial charge < -0.3 is 9.84 Å². The molecule has 5 nitrogen and oxygen atoms in total. The number of carboxylic acid groups (broad SMARTS) is 1. The summed E-state index contributed by atoms with van der Waals surface area (Å²) in [4.78, 5) is 13.5. The highest BCUT2D eigenvalue weighted by Crippen LogP contribution is 2.39. The Bertz CT molecular complexity index is 437. The van der Waals surface area contributed by atoms with Crippen molar-refractivity contribution in [1.82, 2.24) is 9.80 Å². The van der Waals surface area contributed by atoms with E-state index in [4.69, 9.17) is 9.84 Å². The molecule has 1 unspecified atom stereocenters. The molecule has 1 spiro atoms. The number of nitrogens with zero attached hydrogens (tertiary/aromatic N) is 2. The molecule has 0 radical (unpaired) electrons. The highest BCUT2D eigenvalue weighted by Gasteiger charge is 2.51. The van der Waals surface area contributed by atoms with Gasteiger partial charge in [-0.05, 0) is 13.3 Å². The summed E-state index contributed by atoms with van der Waals surface area (Å²) >= 11 is 0. The molecule has 0 saturated carbocycles. The Kier molecular flexibility index (Phi) is 4.16. The Labute approximate surface area is 116 Å². The normalized spacial score (nSPS) is 29.9. The lowest BCUT2D eigenvalue weighted by atomic mass is 9.86. The maximum atomic E-state index is 13.9. The van der Waals surface area contributed by atoms with E-state index in [1.54, 1.807) is 11.8 Å². The zero-order valence-corrected chi connectivity index (χ0v) is 11.4. The lowest BCUT2D eigenvalue weighted by molar-refractivity contribution is -0.207. The third-order valence-electron chi connectivity index (χ3n) is 3.66. The molecule has 0 aliphatic carbocycles. The molecular formula is C13H18F2N2O3. The molecule has 2 heterocycles. The van der Waals surface area contributed by atoms with E-state index in [2.05, 4.69) is 11.8 Å². The summed E-state index contributed by atoms with van der Waals surface area (Å²) in [7, 11) is 0. The van der Waals surface area contributed by atoms with E-state index < -0.39 is 17.6 Å². The van der Waals surface area contributed by atoms with Crippen LogP contribution in [0.4, 0.5) is 13.6 Å². The molecule has 1 amide bonds. The minimum atomic E-state index is -2.83. The molecular weight excluding hydrogens is 270 g/mol. The number of alkyl halides is 2. The molecule has 0 aromatic carbocycles. The molecule has 7 heteroatoms. The molecule has 20 heavy (non-hydrogen) atoms. The van der Waals surface area contributed by atoms with E-state index in [1.165, 1.54) is 0 Å². The summed E-state index contributed by atoms with van der Waals surface area (Å²) in [6.07, 6.45) is -1.16. The Morgan fingerprint density at radius 2 is 2.20 bits per heavy atom. The van der Waals surface area contributed by atoms with Crippen molar-refractivity contribution in [2.24, 2.45) is 0 Å². The summed E-state index contributed by atoms with van der Waals surface area (Å²) in [6, 6.07) is 0. The molecule has 1 atom stereocenters. The topological polar surface area (TPSA) is 53.0 Å². The minimum absolute atomic E-state index is 0.154. The zero-order valence-electron chi connectivity index (χ0n) is 11.4. The maximum Gasteiger partial charge on any atom is 0.409 e. The first-order valence-corrected chi connectivity index (χ1v) is 6.47. The largest absolute Gasteiger partial charge is 0.465 e. The van der Waals surface area contributed by atoms with Crippen LogP contribution in [0.15, 0.2) is 0 Å². The molecule has 0 aromatic rings. The van der Waals surface area contributed by atoms with Gasteiger partial charge in [-0.3, -0.25) is 9.80 Å². The second-order valence-electron chi connectivity index (χ2n) is 5.36. The van der Waals surface area contributed by atoms with Gasteiger partial charge in [-0.1, -0.05) is 5.92 Å². The van der Waals surface area contributed by atoms with Crippen LogP contribution in [-0.4, -0.2) is 65.4 Å². The number of hydrogen-bond acceptors (Lipinski definition) is 3. The quantitative estimate of drug-likeness (QED) is 0.742. The number of halogens is 2. The summed E-state index contributed by atoms with van der Waals surface area (Å²) in [5, 5.41) is 8.86. The van der Waals surface area contributed by atoms with E-state index in [9.17, 15) is 13.6 Å². The molecule has 2 aliphatic heterocycles. The first kappa shape index (κ1) is 15.0. The molecule has 0 bridgehead atoms. The van der Waals surface area contributed by atoms with Gasteiger partial charge in [0.2, 0.25) is 0 Å². The first-order chi connectivity index (χ1) is 9.36. The van der Waals surface area contributed by atoms with Gasteiger partial charge in [0.25, 0.3) is 5.92 Å². The molecule has 2 aliphatic rings. The molecule has 2 saturated heterocycles. The van der Waals surface area contributed by atoms with Crippen molar-refractivity contribution in [1.29, 1.82) is 0 Å². The molecule has 112 valence electrons. The fraction of sp³-hybridized carbons (Fsp3) is 0.769. The summed E-state index contributed by atoms with van der Waals surface area (Å²) in [5.41, 5.74) is -0.969. The third kappa shape index (κ3) is 3.38. The molecule has 1 N–H and O–H groups in total. The Balaban J connectivity index is 2.06. The Hall–Kier alpha value is -1.39. The van der Waals surface area contributed by atoms with Crippen LogP contribution in [0, 0.1) is 11.8 Å². The average molecular weight is 288 g/mol. The van der Waals surface area contributed by atoms with Crippen molar-refractivity contribution in [3.05, 3.63) is 0 Å². The predicted molar refractivity (Wildman–Crippen MR) is 67.5 cm³/mol. The number of rotatable bonds is 1. The SMILES string of the molecule is CC#CCN1CC(F)(F)CC2(CCN(C(=O)O)CO2)C1. The molecule has 2 fully saturated rings. The van der Waals surface area contributed by atoms with Crippen LogP contribution < -0.4 is 0 Å².